The lowest BCUT2D eigenvalue weighted by atomic mass is 9.99. The lowest BCUT2D eigenvalue weighted by molar-refractivity contribution is -0.118. The summed E-state index contributed by atoms with van der Waals surface area (Å²) < 4.78 is 1.44. The second kappa shape index (κ2) is 7.90. The lowest BCUT2D eigenvalue weighted by Gasteiger charge is -2.30. The molecule has 3 aromatic rings. The van der Waals surface area contributed by atoms with Gasteiger partial charge in [0.1, 0.15) is 0 Å². The third-order valence-corrected chi connectivity index (χ3v) is 5.04. The Balaban J connectivity index is 0.00000225. The number of rotatable bonds is 3. The van der Waals surface area contributed by atoms with Gasteiger partial charge in [-0.1, -0.05) is 18.2 Å². The maximum atomic E-state index is 12.9. The van der Waals surface area contributed by atoms with E-state index in [1.165, 1.54) is 4.57 Å². The number of nitrogen functional groups attached to an aromatic ring is 1. The number of carbonyl (C=O) groups is 1. The van der Waals surface area contributed by atoms with Crippen LogP contribution in [0.2, 0.25) is 0 Å². The number of halogens is 1. The molecule has 0 aliphatic carbocycles. The summed E-state index contributed by atoms with van der Waals surface area (Å²) in [6.07, 6.45) is 1.87. The first-order chi connectivity index (χ1) is 13.1. The Morgan fingerprint density at radius 1 is 1.11 bits per heavy atom. The van der Waals surface area contributed by atoms with Gasteiger partial charge in [0.2, 0.25) is 5.91 Å². The molecule has 7 nitrogen and oxygen atoms in total. The molecule has 0 bridgehead atoms. The molecule has 2 aromatic carbocycles. The summed E-state index contributed by atoms with van der Waals surface area (Å²) in [7, 11) is 0. The summed E-state index contributed by atoms with van der Waals surface area (Å²) in [5, 5.41) is 0.431. The highest BCUT2D eigenvalue weighted by molar-refractivity contribution is 5.95. The predicted molar refractivity (Wildman–Crippen MR) is 112 cm³/mol. The van der Waals surface area contributed by atoms with Crippen LogP contribution >= 0.6 is 12.4 Å². The molecule has 1 aliphatic rings. The lowest BCUT2D eigenvalue weighted by Crippen LogP contribution is -2.37. The molecule has 2 heterocycles. The van der Waals surface area contributed by atoms with E-state index >= 15 is 0 Å². The van der Waals surface area contributed by atoms with E-state index in [9.17, 15) is 14.4 Å². The zero-order valence-electron chi connectivity index (χ0n) is 15.2. The highest BCUT2D eigenvalue weighted by atomic mass is 35.5. The first-order valence-electron chi connectivity index (χ1n) is 8.96. The Hall–Kier alpha value is -3.06. The van der Waals surface area contributed by atoms with Crippen LogP contribution in [0.15, 0.2) is 52.1 Å². The van der Waals surface area contributed by atoms with Crippen molar-refractivity contribution in [3.8, 4) is 0 Å². The monoisotopic (exact) mass is 400 g/mol. The van der Waals surface area contributed by atoms with Gasteiger partial charge < -0.3 is 10.6 Å². The average molecular weight is 401 g/mol. The number of hydrogen-bond acceptors (Lipinski definition) is 4. The molecule has 0 saturated carbocycles. The van der Waals surface area contributed by atoms with E-state index in [4.69, 9.17) is 5.73 Å². The van der Waals surface area contributed by atoms with Gasteiger partial charge in [-0.3, -0.25) is 19.1 Å². The van der Waals surface area contributed by atoms with Gasteiger partial charge in [0.25, 0.3) is 5.56 Å². The number of benzene rings is 2. The highest BCUT2D eigenvalue weighted by Crippen LogP contribution is 2.31. The van der Waals surface area contributed by atoms with Crippen molar-refractivity contribution in [1.82, 2.24) is 9.55 Å². The van der Waals surface area contributed by atoms with Crippen molar-refractivity contribution in [3.05, 3.63) is 68.9 Å². The van der Waals surface area contributed by atoms with Crippen LogP contribution in [0.25, 0.3) is 10.9 Å². The summed E-state index contributed by atoms with van der Waals surface area (Å²) in [5.74, 6) is -0.0660. The maximum Gasteiger partial charge on any atom is 0.328 e. The fraction of sp³-hybridized carbons (Fsp3) is 0.250. The van der Waals surface area contributed by atoms with Gasteiger partial charge in [-0.05, 0) is 42.7 Å². The first-order valence-corrected chi connectivity index (χ1v) is 8.96. The van der Waals surface area contributed by atoms with Crippen LogP contribution in [0.5, 0.6) is 0 Å². The normalized spacial score (nSPS) is 13.1. The highest BCUT2D eigenvalue weighted by Gasteiger charge is 2.23. The Labute approximate surface area is 167 Å². The van der Waals surface area contributed by atoms with E-state index in [0.717, 1.165) is 24.1 Å². The van der Waals surface area contributed by atoms with E-state index in [1.54, 1.807) is 29.2 Å². The molecule has 1 aromatic heterocycles. The van der Waals surface area contributed by atoms with Crippen LogP contribution in [-0.4, -0.2) is 22.0 Å². The van der Waals surface area contributed by atoms with Crippen LogP contribution in [0.1, 0.15) is 18.4 Å². The number of anilines is 2. The van der Waals surface area contributed by atoms with Gasteiger partial charge in [-0.15, -0.1) is 12.4 Å². The number of nitrogens with zero attached hydrogens (tertiary/aromatic N) is 2. The van der Waals surface area contributed by atoms with Crippen molar-refractivity contribution in [2.75, 3.05) is 17.2 Å². The van der Waals surface area contributed by atoms with E-state index < -0.39 is 11.2 Å². The van der Waals surface area contributed by atoms with Crippen LogP contribution < -0.4 is 21.9 Å². The summed E-state index contributed by atoms with van der Waals surface area (Å²) in [6, 6.07) is 12.5. The second-order valence-electron chi connectivity index (χ2n) is 6.67. The number of nitrogens with one attached hydrogen (secondary N) is 1. The van der Waals surface area contributed by atoms with Crippen LogP contribution in [0, 0.1) is 0 Å². The number of aromatic amines is 1. The number of carbonyl (C=O) groups excluding carboxylic acids is 1. The maximum absolute atomic E-state index is 12.9. The number of hydrogen-bond donors (Lipinski definition) is 2. The number of aromatic nitrogens is 2. The smallest absolute Gasteiger partial charge is 0.328 e. The summed E-state index contributed by atoms with van der Waals surface area (Å²) >= 11 is 0. The first kappa shape index (κ1) is 19.7. The Morgan fingerprint density at radius 3 is 2.71 bits per heavy atom. The zero-order chi connectivity index (χ0) is 19.0. The third-order valence-electron chi connectivity index (χ3n) is 5.04. The largest absolute Gasteiger partial charge is 0.398 e. The fourth-order valence-electron chi connectivity index (χ4n) is 3.72. The molecule has 0 unspecified atom stereocenters. The van der Waals surface area contributed by atoms with Crippen molar-refractivity contribution in [2.45, 2.75) is 25.8 Å². The number of para-hydroxylation sites is 1. The van der Waals surface area contributed by atoms with E-state index in [-0.39, 0.29) is 31.3 Å². The van der Waals surface area contributed by atoms with Crippen molar-refractivity contribution >= 4 is 40.6 Å². The van der Waals surface area contributed by atoms with E-state index in [0.29, 0.717) is 23.1 Å². The van der Waals surface area contributed by atoms with Crippen molar-refractivity contribution < 1.29 is 4.79 Å². The zero-order valence-corrected chi connectivity index (χ0v) is 16.0. The molecular formula is C20H21ClN4O3. The fourth-order valence-corrected chi connectivity index (χ4v) is 3.72. The minimum atomic E-state index is -0.505. The second-order valence-corrected chi connectivity index (χ2v) is 6.67. The molecule has 0 radical (unpaired) electrons. The Kier molecular flexibility index (Phi) is 5.56. The van der Waals surface area contributed by atoms with Crippen molar-refractivity contribution in [3.63, 3.8) is 0 Å². The van der Waals surface area contributed by atoms with Gasteiger partial charge in [-0.2, -0.15) is 0 Å². The van der Waals surface area contributed by atoms with Gasteiger partial charge in [0.05, 0.1) is 10.9 Å². The molecule has 1 amide bonds. The number of aryl methyl sites for hydroxylation is 1. The molecule has 0 atom stereocenters. The van der Waals surface area contributed by atoms with E-state index in [1.807, 2.05) is 18.2 Å². The molecular weight excluding hydrogens is 380 g/mol. The minimum absolute atomic E-state index is 0. The van der Waals surface area contributed by atoms with Gasteiger partial charge in [-0.25, -0.2) is 4.79 Å². The average Bonchev–Trinajstić information content (AvgIpc) is 2.67. The van der Waals surface area contributed by atoms with Gasteiger partial charge >= 0.3 is 5.69 Å². The molecule has 4 rings (SSSR count). The summed E-state index contributed by atoms with van der Waals surface area (Å²) in [6.45, 7) is 0.833. The molecule has 3 N–H and O–H groups in total. The van der Waals surface area contributed by atoms with Crippen LogP contribution in [0.4, 0.5) is 11.4 Å². The summed E-state index contributed by atoms with van der Waals surface area (Å²) in [4.78, 5) is 41.1. The number of H-pyrrole nitrogens is 1. The number of amides is 1. The quantitative estimate of drug-likeness (QED) is 0.657. The third kappa shape index (κ3) is 3.41. The molecule has 0 spiro atoms. The Bertz CT molecular complexity index is 1150. The van der Waals surface area contributed by atoms with Crippen LogP contribution in [-0.2, 0) is 17.8 Å². The summed E-state index contributed by atoms with van der Waals surface area (Å²) in [5.41, 5.74) is 8.21. The van der Waals surface area contributed by atoms with Crippen LogP contribution in [0.3, 0.4) is 0 Å². The van der Waals surface area contributed by atoms with Crippen molar-refractivity contribution in [2.24, 2.45) is 0 Å². The van der Waals surface area contributed by atoms with Gasteiger partial charge in [0.15, 0.2) is 0 Å². The molecule has 1 aliphatic heterocycles. The minimum Gasteiger partial charge on any atom is -0.398 e. The topological polar surface area (TPSA) is 101 Å². The molecule has 28 heavy (non-hydrogen) atoms. The standard InChI is InChI=1S/C20H20N4O3.ClH/c21-15-7-3-9-16-13(15)6-4-11-23(16)18(25)10-12-24-17-8-2-1-5-14(17)19(26)22-20(24)27;/h1-3,5,7-9H,4,6,10-12,21H2,(H,22,26,27);1H. The molecule has 8 heteroatoms. The number of nitrogens with two attached hydrogens (primary N) is 1. The SMILES string of the molecule is Cl.Nc1cccc2c1CCCN2C(=O)CCn1c(=O)[nH]c(=O)c2ccccc21. The molecule has 0 fully saturated rings. The van der Waals surface area contributed by atoms with E-state index in [2.05, 4.69) is 4.98 Å². The van der Waals surface area contributed by atoms with Gasteiger partial charge in [0, 0.05) is 30.9 Å². The number of fused-ring (bicyclic) bond motifs is 2. The Morgan fingerprint density at radius 2 is 1.89 bits per heavy atom. The van der Waals surface area contributed by atoms with Crippen molar-refractivity contribution in [1.29, 1.82) is 0 Å². The predicted octanol–water partition coefficient (Wildman–Crippen LogP) is 2.06. The molecule has 0 saturated heterocycles. The molecule has 146 valence electrons.